The average molecular weight is 247 g/mol. The van der Waals surface area contributed by atoms with Crippen LogP contribution < -0.4 is 5.32 Å². The second kappa shape index (κ2) is 8.18. The molecular formula is C17H29N. The van der Waals surface area contributed by atoms with Crippen LogP contribution in [0.15, 0.2) is 35.1 Å². The summed E-state index contributed by atoms with van der Waals surface area (Å²) in [6.07, 6.45) is 11.1. The van der Waals surface area contributed by atoms with E-state index >= 15 is 0 Å². The van der Waals surface area contributed by atoms with Crippen LogP contribution in [0.4, 0.5) is 0 Å². The first kappa shape index (κ1) is 15.1. The lowest BCUT2D eigenvalue weighted by Gasteiger charge is -2.19. The monoisotopic (exact) mass is 247 g/mol. The van der Waals surface area contributed by atoms with Gasteiger partial charge in [0.1, 0.15) is 0 Å². The molecule has 0 fully saturated rings. The molecule has 0 bridgehead atoms. The Balaban J connectivity index is 2.65. The van der Waals surface area contributed by atoms with Gasteiger partial charge in [-0.15, -0.1) is 0 Å². The zero-order valence-electron chi connectivity index (χ0n) is 12.4. The summed E-state index contributed by atoms with van der Waals surface area (Å²) in [5.74, 6) is 0. The Kier molecular flexibility index (Phi) is 6.85. The molecule has 18 heavy (non-hydrogen) atoms. The van der Waals surface area contributed by atoms with E-state index in [0.29, 0.717) is 0 Å². The van der Waals surface area contributed by atoms with Crippen molar-refractivity contribution < 1.29 is 0 Å². The van der Waals surface area contributed by atoms with Crippen molar-refractivity contribution in [3.05, 3.63) is 35.1 Å². The van der Waals surface area contributed by atoms with Crippen LogP contribution in [-0.2, 0) is 0 Å². The van der Waals surface area contributed by atoms with Gasteiger partial charge in [0, 0.05) is 12.2 Å². The molecule has 0 spiro atoms. The number of hydrogen-bond acceptors (Lipinski definition) is 1. The lowest BCUT2D eigenvalue weighted by Crippen LogP contribution is -2.15. The molecule has 1 rings (SSSR count). The zero-order valence-corrected chi connectivity index (χ0v) is 12.4. The van der Waals surface area contributed by atoms with E-state index in [9.17, 15) is 0 Å². The van der Waals surface area contributed by atoms with Crippen molar-refractivity contribution in [1.82, 2.24) is 5.32 Å². The molecule has 0 amide bonds. The highest BCUT2D eigenvalue weighted by atomic mass is 14.9. The van der Waals surface area contributed by atoms with Gasteiger partial charge in [-0.3, -0.25) is 0 Å². The van der Waals surface area contributed by atoms with Crippen molar-refractivity contribution in [2.45, 2.75) is 65.7 Å². The molecule has 0 aromatic carbocycles. The quantitative estimate of drug-likeness (QED) is 0.616. The van der Waals surface area contributed by atoms with E-state index in [1.165, 1.54) is 60.9 Å². The van der Waals surface area contributed by atoms with Crippen LogP contribution in [0.2, 0.25) is 0 Å². The lowest BCUT2D eigenvalue weighted by atomic mass is 9.91. The molecule has 0 aromatic heterocycles. The molecule has 0 aliphatic heterocycles. The first-order valence-corrected chi connectivity index (χ1v) is 7.51. The molecule has 1 aliphatic rings. The molecule has 0 aromatic rings. The van der Waals surface area contributed by atoms with E-state index in [2.05, 4.69) is 38.7 Å². The Hall–Kier alpha value is -0.980. The van der Waals surface area contributed by atoms with Gasteiger partial charge < -0.3 is 5.32 Å². The molecular weight excluding hydrogens is 218 g/mol. The predicted octanol–water partition coefficient (Wildman–Crippen LogP) is 5.12. The minimum atomic E-state index is 1.02. The summed E-state index contributed by atoms with van der Waals surface area (Å²) in [6, 6.07) is 0. The van der Waals surface area contributed by atoms with Gasteiger partial charge in [-0.1, -0.05) is 31.9 Å². The van der Waals surface area contributed by atoms with Crippen LogP contribution in [0, 0.1) is 0 Å². The molecule has 0 saturated carbocycles. The summed E-state index contributed by atoms with van der Waals surface area (Å²) in [5.41, 5.74) is 5.67. The Labute approximate surface area is 113 Å². The van der Waals surface area contributed by atoms with Crippen molar-refractivity contribution in [3.63, 3.8) is 0 Å². The molecule has 1 N–H and O–H groups in total. The Morgan fingerprint density at radius 2 is 2.06 bits per heavy atom. The smallest absolute Gasteiger partial charge is 0.0115 e. The number of hydrogen-bond donors (Lipinski definition) is 1. The van der Waals surface area contributed by atoms with Crippen LogP contribution in [0.5, 0.6) is 0 Å². The summed E-state index contributed by atoms with van der Waals surface area (Å²) in [6.45, 7) is 11.9. The molecule has 1 nitrogen and oxygen atoms in total. The van der Waals surface area contributed by atoms with Gasteiger partial charge in [0.25, 0.3) is 0 Å². The number of allylic oxidation sites excluding steroid dienone is 5. The van der Waals surface area contributed by atoms with Gasteiger partial charge in [0.05, 0.1) is 0 Å². The fourth-order valence-corrected chi connectivity index (χ4v) is 2.49. The molecule has 1 aliphatic carbocycles. The Morgan fingerprint density at radius 1 is 1.28 bits per heavy atom. The fourth-order valence-electron chi connectivity index (χ4n) is 2.49. The predicted molar refractivity (Wildman–Crippen MR) is 81.6 cm³/mol. The van der Waals surface area contributed by atoms with Crippen LogP contribution in [-0.4, -0.2) is 6.54 Å². The normalized spacial score (nSPS) is 18.3. The summed E-state index contributed by atoms with van der Waals surface area (Å²) >= 11 is 0. The van der Waals surface area contributed by atoms with E-state index in [1.807, 2.05) is 0 Å². The topological polar surface area (TPSA) is 12.0 Å². The highest BCUT2D eigenvalue weighted by Crippen LogP contribution is 2.27. The summed E-state index contributed by atoms with van der Waals surface area (Å²) in [4.78, 5) is 0. The number of nitrogens with one attached hydrogen (secondary N) is 1. The summed E-state index contributed by atoms with van der Waals surface area (Å²) in [5, 5.41) is 3.46. The lowest BCUT2D eigenvalue weighted by molar-refractivity contribution is 0.694. The number of rotatable bonds is 7. The molecule has 0 saturated heterocycles. The standard InChI is InChI=1S/C17H29N/c1-5-7-8-10-14(3)15(4)16-11-9-12-17(13-16)18-6-2/h13,18H,3,5-12H2,1-2,4H3/b16-15-. The maximum absolute atomic E-state index is 4.27. The molecule has 0 heterocycles. The second-order valence-electron chi connectivity index (χ2n) is 5.26. The first-order chi connectivity index (χ1) is 8.69. The van der Waals surface area contributed by atoms with Crippen molar-refractivity contribution >= 4 is 0 Å². The third-order valence-electron chi connectivity index (χ3n) is 3.74. The maximum Gasteiger partial charge on any atom is 0.0115 e. The molecule has 102 valence electrons. The van der Waals surface area contributed by atoms with Crippen molar-refractivity contribution in [2.24, 2.45) is 0 Å². The largest absolute Gasteiger partial charge is 0.389 e. The average Bonchev–Trinajstić information content (AvgIpc) is 2.39. The van der Waals surface area contributed by atoms with Gasteiger partial charge in [0.15, 0.2) is 0 Å². The van der Waals surface area contributed by atoms with E-state index in [4.69, 9.17) is 0 Å². The highest BCUT2D eigenvalue weighted by molar-refractivity contribution is 5.39. The van der Waals surface area contributed by atoms with Gasteiger partial charge in [-0.25, -0.2) is 0 Å². The summed E-state index contributed by atoms with van der Waals surface area (Å²) < 4.78 is 0. The van der Waals surface area contributed by atoms with Crippen molar-refractivity contribution in [1.29, 1.82) is 0 Å². The second-order valence-corrected chi connectivity index (χ2v) is 5.26. The molecule has 1 heteroatoms. The van der Waals surface area contributed by atoms with Crippen molar-refractivity contribution in [2.75, 3.05) is 6.54 Å². The molecule has 0 atom stereocenters. The minimum Gasteiger partial charge on any atom is -0.389 e. The van der Waals surface area contributed by atoms with Crippen LogP contribution >= 0.6 is 0 Å². The van der Waals surface area contributed by atoms with Crippen LogP contribution in [0.25, 0.3) is 0 Å². The van der Waals surface area contributed by atoms with E-state index in [-0.39, 0.29) is 0 Å². The van der Waals surface area contributed by atoms with Gasteiger partial charge in [0.2, 0.25) is 0 Å². The third kappa shape index (κ3) is 4.72. The zero-order chi connectivity index (χ0) is 13.4. The van der Waals surface area contributed by atoms with Gasteiger partial charge >= 0.3 is 0 Å². The van der Waals surface area contributed by atoms with Gasteiger partial charge in [-0.05, 0) is 63.2 Å². The third-order valence-corrected chi connectivity index (χ3v) is 3.74. The van der Waals surface area contributed by atoms with Gasteiger partial charge in [-0.2, -0.15) is 0 Å². The van der Waals surface area contributed by atoms with E-state index in [0.717, 1.165) is 13.0 Å². The molecule has 0 radical (unpaired) electrons. The summed E-state index contributed by atoms with van der Waals surface area (Å²) in [7, 11) is 0. The maximum atomic E-state index is 4.27. The Bertz CT molecular complexity index is 334. The van der Waals surface area contributed by atoms with Crippen LogP contribution in [0.3, 0.4) is 0 Å². The van der Waals surface area contributed by atoms with Crippen LogP contribution in [0.1, 0.15) is 65.7 Å². The fraction of sp³-hybridized carbons (Fsp3) is 0.647. The first-order valence-electron chi connectivity index (χ1n) is 7.51. The molecule has 0 unspecified atom stereocenters. The highest BCUT2D eigenvalue weighted by Gasteiger charge is 2.10. The van der Waals surface area contributed by atoms with Crippen molar-refractivity contribution in [3.8, 4) is 0 Å². The van der Waals surface area contributed by atoms with E-state index < -0.39 is 0 Å². The SMILES string of the molecule is C=C(CCCCC)/C(C)=C1\C=C(NCC)CCC1. The minimum absolute atomic E-state index is 1.02. The number of unbranched alkanes of at least 4 members (excludes halogenated alkanes) is 2. The van der Waals surface area contributed by atoms with E-state index in [1.54, 1.807) is 0 Å². The Morgan fingerprint density at radius 3 is 2.72 bits per heavy atom.